The maximum absolute atomic E-state index is 6.66. The van der Waals surface area contributed by atoms with E-state index in [1.54, 1.807) is 0 Å². The Kier molecular flexibility index (Phi) is 6.71. The highest BCUT2D eigenvalue weighted by molar-refractivity contribution is 6.18. The molecule has 0 fully saturated rings. The molecule has 0 saturated carbocycles. The van der Waals surface area contributed by atoms with Crippen molar-refractivity contribution in [2.45, 2.75) is 0 Å². The second-order valence-electron chi connectivity index (χ2n) is 15.9. The molecule has 0 spiro atoms. The number of para-hydroxylation sites is 6. The van der Waals surface area contributed by atoms with E-state index in [9.17, 15) is 0 Å². The van der Waals surface area contributed by atoms with E-state index in [1.807, 2.05) is 36.4 Å². The van der Waals surface area contributed by atoms with Crippen LogP contribution in [-0.2, 0) is 0 Å². The average Bonchev–Trinajstić information content (AvgIpc) is 4.08. The first-order chi connectivity index (χ1) is 30.7. The molecule has 62 heavy (non-hydrogen) atoms. The number of nitrogens with zero attached hydrogens (tertiary/aromatic N) is 5. The first-order valence-corrected chi connectivity index (χ1v) is 20.8. The molecule has 288 valence electrons. The third-order valence-corrected chi connectivity index (χ3v) is 12.6. The highest BCUT2D eigenvalue weighted by Gasteiger charge is 2.26. The van der Waals surface area contributed by atoms with Crippen molar-refractivity contribution in [1.82, 2.24) is 24.1 Å². The summed E-state index contributed by atoms with van der Waals surface area (Å²) in [6.07, 6.45) is 0. The van der Waals surface area contributed by atoms with Crippen molar-refractivity contribution < 1.29 is 8.83 Å². The molecule has 14 rings (SSSR count). The van der Waals surface area contributed by atoms with Crippen LogP contribution in [0.15, 0.2) is 197 Å². The van der Waals surface area contributed by atoms with Gasteiger partial charge in [0.05, 0.1) is 38.9 Å². The summed E-state index contributed by atoms with van der Waals surface area (Å²) in [5.41, 5.74) is 9.77. The quantitative estimate of drug-likeness (QED) is 0.177. The SMILES string of the molecule is c1ccc2cc3c(cc2c1)c1ccccc1n3-c1ccc2oc3ccccc3c2c1-c1nc(-c2cccc3c2oc2ccccc23)nc(-n2c3ccccc3c3ccccc32)n1. The molecule has 7 heteroatoms. The van der Waals surface area contributed by atoms with Crippen LogP contribution in [0.3, 0.4) is 0 Å². The standard InChI is InChI=1S/C55H31N5O2/c1-2-15-33-31-46-41(30-32(33)14-1)36-18-5-8-23-42(36)59(46)45-28-29-49-50(39-20-7-12-27-48(39)61-49)51(45)54-56-53(40-22-13-21-38-37-19-6-11-26-47(37)62-52(38)40)57-55(58-54)60-43-24-9-3-16-34(43)35-17-4-10-25-44(35)60/h1-31H. The van der Waals surface area contributed by atoms with Crippen LogP contribution in [0.5, 0.6) is 0 Å². The van der Waals surface area contributed by atoms with Crippen molar-refractivity contribution in [2.75, 3.05) is 0 Å². The van der Waals surface area contributed by atoms with Crippen molar-refractivity contribution in [3.05, 3.63) is 188 Å². The molecule has 5 heterocycles. The zero-order chi connectivity index (χ0) is 40.5. The zero-order valence-corrected chi connectivity index (χ0v) is 33.0. The summed E-state index contributed by atoms with van der Waals surface area (Å²) in [6.45, 7) is 0. The fourth-order valence-electron chi connectivity index (χ4n) is 9.89. The van der Waals surface area contributed by atoms with Gasteiger partial charge in [-0.25, -0.2) is 4.98 Å². The number of hydrogen-bond donors (Lipinski definition) is 0. The fourth-order valence-corrected chi connectivity index (χ4v) is 9.89. The van der Waals surface area contributed by atoms with E-state index in [4.69, 9.17) is 23.8 Å². The fraction of sp³-hybridized carbons (Fsp3) is 0. The van der Waals surface area contributed by atoms with Crippen LogP contribution in [0, 0.1) is 0 Å². The molecule has 0 aliphatic heterocycles. The largest absolute Gasteiger partial charge is 0.456 e. The molecule has 9 aromatic carbocycles. The Balaban J connectivity index is 1.16. The van der Waals surface area contributed by atoms with Crippen LogP contribution in [0.25, 0.3) is 133 Å². The van der Waals surface area contributed by atoms with Crippen LogP contribution in [0.4, 0.5) is 0 Å². The van der Waals surface area contributed by atoms with Gasteiger partial charge < -0.3 is 13.4 Å². The minimum atomic E-state index is 0.500. The smallest absolute Gasteiger partial charge is 0.238 e. The van der Waals surface area contributed by atoms with Crippen LogP contribution in [0.2, 0.25) is 0 Å². The highest BCUT2D eigenvalue weighted by Crippen LogP contribution is 2.44. The summed E-state index contributed by atoms with van der Waals surface area (Å²) in [6, 6.07) is 65.5. The monoisotopic (exact) mass is 793 g/mol. The van der Waals surface area contributed by atoms with Gasteiger partial charge in [0, 0.05) is 43.1 Å². The van der Waals surface area contributed by atoms with E-state index < -0.39 is 0 Å². The predicted molar refractivity (Wildman–Crippen MR) is 251 cm³/mol. The van der Waals surface area contributed by atoms with Gasteiger partial charge in [-0.1, -0.05) is 127 Å². The minimum Gasteiger partial charge on any atom is -0.456 e. The van der Waals surface area contributed by atoms with Crippen LogP contribution < -0.4 is 0 Å². The van der Waals surface area contributed by atoms with E-state index in [0.29, 0.717) is 17.6 Å². The molecule has 0 saturated heterocycles. The highest BCUT2D eigenvalue weighted by atomic mass is 16.3. The Morgan fingerprint density at radius 2 is 0.919 bits per heavy atom. The lowest BCUT2D eigenvalue weighted by atomic mass is 10.0. The molecular formula is C55H31N5O2. The first-order valence-electron chi connectivity index (χ1n) is 20.8. The van der Waals surface area contributed by atoms with Gasteiger partial charge in [0.25, 0.3) is 0 Å². The van der Waals surface area contributed by atoms with E-state index in [2.05, 4.69) is 161 Å². The lowest BCUT2D eigenvalue weighted by Gasteiger charge is -2.16. The molecule has 0 bridgehead atoms. The number of hydrogen-bond acceptors (Lipinski definition) is 5. The van der Waals surface area contributed by atoms with Gasteiger partial charge in [0.2, 0.25) is 5.95 Å². The molecule has 0 aliphatic rings. The third-order valence-electron chi connectivity index (χ3n) is 12.6. The van der Waals surface area contributed by atoms with Crippen molar-refractivity contribution in [1.29, 1.82) is 0 Å². The number of furan rings is 2. The van der Waals surface area contributed by atoms with Crippen molar-refractivity contribution in [3.63, 3.8) is 0 Å². The molecule has 0 atom stereocenters. The molecule has 0 amide bonds. The van der Waals surface area contributed by atoms with Crippen molar-refractivity contribution in [2.24, 2.45) is 0 Å². The number of rotatable bonds is 4. The van der Waals surface area contributed by atoms with Gasteiger partial charge in [0.15, 0.2) is 11.6 Å². The van der Waals surface area contributed by atoms with Gasteiger partial charge in [-0.3, -0.25) is 4.57 Å². The van der Waals surface area contributed by atoms with Crippen molar-refractivity contribution in [3.8, 4) is 34.4 Å². The first kappa shape index (κ1) is 33.3. The van der Waals surface area contributed by atoms with Gasteiger partial charge in [-0.15, -0.1) is 0 Å². The van der Waals surface area contributed by atoms with E-state index >= 15 is 0 Å². The summed E-state index contributed by atoms with van der Waals surface area (Å²) < 4.78 is 17.8. The number of fused-ring (bicyclic) bond motifs is 13. The molecule has 0 radical (unpaired) electrons. The molecule has 0 N–H and O–H groups in total. The Hall–Kier alpha value is -8.55. The summed E-state index contributed by atoms with van der Waals surface area (Å²) in [5, 5.41) is 10.9. The molecular weight excluding hydrogens is 763 g/mol. The molecule has 7 nitrogen and oxygen atoms in total. The second-order valence-corrected chi connectivity index (χ2v) is 15.9. The van der Waals surface area contributed by atoms with Gasteiger partial charge in [-0.05, 0) is 71.4 Å². The minimum absolute atomic E-state index is 0.500. The van der Waals surface area contributed by atoms with Crippen LogP contribution in [0.1, 0.15) is 0 Å². The van der Waals surface area contributed by atoms with E-state index in [-0.39, 0.29) is 0 Å². The number of benzene rings is 9. The third kappa shape index (κ3) is 4.61. The summed E-state index contributed by atoms with van der Waals surface area (Å²) in [5.74, 6) is 1.51. The normalized spacial score (nSPS) is 12.2. The maximum Gasteiger partial charge on any atom is 0.238 e. The summed E-state index contributed by atoms with van der Waals surface area (Å²) in [7, 11) is 0. The lowest BCUT2D eigenvalue weighted by molar-refractivity contribution is 0.668. The number of aromatic nitrogens is 5. The maximum atomic E-state index is 6.66. The van der Waals surface area contributed by atoms with E-state index in [1.165, 1.54) is 10.8 Å². The molecule has 14 aromatic rings. The van der Waals surface area contributed by atoms with Crippen LogP contribution in [-0.4, -0.2) is 24.1 Å². The van der Waals surface area contributed by atoms with Crippen LogP contribution >= 0.6 is 0 Å². The predicted octanol–water partition coefficient (Wildman–Crippen LogP) is 14.4. The summed E-state index contributed by atoms with van der Waals surface area (Å²) in [4.78, 5) is 16.5. The Morgan fingerprint density at radius 3 is 1.66 bits per heavy atom. The van der Waals surface area contributed by atoms with Gasteiger partial charge in [-0.2, -0.15) is 9.97 Å². The molecule has 5 aromatic heterocycles. The zero-order valence-electron chi connectivity index (χ0n) is 33.0. The molecule has 0 unspecified atom stereocenters. The Morgan fingerprint density at radius 1 is 0.355 bits per heavy atom. The van der Waals surface area contributed by atoms with Gasteiger partial charge in [0.1, 0.15) is 22.3 Å². The second kappa shape index (κ2) is 12.5. The Labute approximate surface area is 352 Å². The molecule has 0 aliphatic carbocycles. The van der Waals surface area contributed by atoms with E-state index in [0.717, 1.165) is 104 Å². The summed E-state index contributed by atoms with van der Waals surface area (Å²) >= 11 is 0. The van der Waals surface area contributed by atoms with Gasteiger partial charge >= 0.3 is 0 Å². The topological polar surface area (TPSA) is 74.8 Å². The lowest BCUT2D eigenvalue weighted by Crippen LogP contribution is -2.08. The van der Waals surface area contributed by atoms with Crippen molar-refractivity contribution >= 4 is 98.3 Å². The average molecular weight is 794 g/mol. The Bertz CT molecular complexity index is 4130.